The summed E-state index contributed by atoms with van der Waals surface area (Å²) in [6.45, 7) is 4.58. The van der Waals surface area contributed by atoms with Crippen LogP contribution in [0.1, 0.15) is 39.0 Å². The molecular formula is C12H21NO. The number of rotatable bonds is 4. The Morgan fingerprint density at radius 3 is 2.71 bits per heavy atom. The summed E-state index contributed by atoms with van der Waals surface area (Å²) in [5, 5.41) is 3.67. The quantitative estimate of drug-likeness (QED) is 0.740. The second-order valence-electron chi connectivity index (χ2n) is 5.69. The lowest BCUT2D eigenvalue weighted by molar-refractivity contribution is 0.0386. The molecule has 0 aromatic carbocycles. The van der Waals surface area contributed by atoms with Crippen LogP contribution in [0.5, 0.6) is 0 Å². The van der Waals surface area contributed by atoms with Crippen LogP contribution >= 0.6 is 0 Å². The highest BCUT2D eigenvalue weighted by molar-refractivity contribution is 4.99. The summed E-state index contributed by atoms with van der Waals surface area (Å²) in [6, 6.07) is 0.840. The van der Waals surface area contributed by atoms with E-state index in [1.807, 2.05) is 0 Å². The Hall–Kier alpha value is -0.0800. The van der Waals surface area contributed by atoms with Gasteiger partial charge in [0.1, 0.15) is 0 Å². The van der Waals surface area contributed by atoms with Gasteiger partial charge in [0.15, 0.2) is 0 Å². The van der Waals surface area contributed by atoms with E-state index in [9.17, 15) is 0 Å². The highest BCUT2D eigenvalue weighted by Crippen LogP contribution is 2.47. The minimum atomic E-state index is 0.434. The summed E-state index contributed by atoms with van der Waals surface area (Å²) in [4.78, 5) is 0. The first-order valence-electron chi connectivity index (χ1n) is 6.13. The third kappa shape index (κ3) is 1.70. The van der Waals surface area contributed by atoms with Crippen LogP contribution in [0.2, 0.25) is 0 Å². The van der Waals surface area contributed by atoms with Gasteiger partial charge in [-0.05, 0) is 38.0 Å². The molecule has 14 heavy (non-hydrogen) atoms. The molecule has 0 spiro atoms. The lowest BCUT2D eigenvalue weighted by atomic mass is 9.81. The molecule has 3 fully saturated rings. The molecule has 1 N–H and O–H groups in total. The molecule has 3 rings (SSSR count). The molecule has 1 aliphatic heterocycles. The van der Waals surface area contributed by atoms with E-state index in [0.29, 0.717) is 11.5 Å². The lowest BCUT2D eigenvalue weighted by Gasteiger charge is -2.30. The fourth-order valence-electron chi connectivity index (χ4n) is 2.72. The van der Waals surface area contributed by atoms with Crippen LogP contribution in [-0.4, -0.2) is 25.3 Å². The first kappa shape index (κ1) is 9.17. The molecule has 2 nitrogen and oxygen atoms in total. The largest absolute Gasteiger partial charge is 0.377 e. The minimum Gasteiger partial charge on any atom is -0.377 e. The Morgan fingerprint density at radius 1 is 1.29 bits per heavy atom. The molecule has 2 aliphatic carbocycles. The van der Waals surface area contributed by atoms with Gasteiger partial charge in [0.2, 0.25) is 0 Å². The maximum absolute atomic E-state index is 5.91. The van der Waals surface area contributed by atoms with E-state index in [1.165, 1.54) is 38.6 Å². The molecule has 1 saturated heterocycles. The summed E-state index contributed by atoms with van der Waals surface area (Å²) in [5.41, 5.74) is 0.434. The van der Waals surface area contributed by atoms with Gasteiger partial charge < -0.3 is 10.1 Å². The topological polar surface area (TPSA) is 21.3 Å². The molecule has 80 valence electrons. The number of nitrogens with one attached hydrogen (secondary N) is 1. The molecular weight excluding hydrogens is 174 g/mol. The summed E-state index contributed by atoms with van der Waals surface area (Å²) in [5.74, 6) is 0.892. The van der Waals surface area contributed by atoms with E-state index >= 15 is 0 Å². The fraction of sp³-hybridized carbons (Fsp3) is 1.00. The highest BCUT2D eigenvalue weighted by Gasteiger charge is 2.48. The van der Waals surface area contributed by atoms with Gasteiger partial charge in [0, 0.05) is 24.6 Å². The second kappa shape index (κ2) is 3.21. The first-order valence-corrected chi connectivity index (χ1v) is 6.13. The average Bonchev–Trinajstić information content (AvgIpc) is 3.06. The normalized spacial score (nSPS) is 43.1. The minimum absolute atomic E-state index is 0.434. The lowest BCUT2D eigenvalue weighted by Crippen LogP contribution is -2.40. The molecule has 0 amide bonds. The summed E-state index contributed by atoms with van der Waals surface area (Å²) >= 11 is 0. The van der Waals surface area contributed by atoms with Crippen LogP contribution in [-0.2, 0) is 4.74 Å². The first-order chi connectivity index (χ1) is 6.78. The molecule has 0 aromatic rings. The highest BCUT2D eigenvalue weighted by atomic mass is 16.5. The smallest absolute Gasteiger partial charge is 0.0669 e. The standard InChI is InChI=1S/C12H21NO/c1-12(8-13-10-4-5-10)6-7-14-11(12)9-2-3-9/h9-11,13H,2-8H2,1H3. The van der Waals surface area contributed by atoms with E-state index in [0.717, 1.165) is 18.6 Å². The maximum atomic E-state index is 5.91. The monoisotopic (exact) mass is 195 g/mol. The molecule has 0 radical (unpaired) electrons. The van der Waals surface area contributed by atoms with Crippen molar-refractivity contribution < 1.29 is 4.74 Å². The summed E-state index contributed by atoms with van der Waals surface area (Å²) < 4.78 is 5.91. The van der Waals surface area contributed by atoms with Gasteiger partial charge in [0.25, 0.3) is 0 Å². The van der Waals surface area contributed by atoms with E-state index < -0.39 is 0 Å². The van der Waals surface area contributed by atoms with Gasteiger partial charge in [-0.25, -0.2) is 0 Å². The van der Waals surface area contributed by atoms with Crippen LogP contribution in [0.4, 0.5) is 0 Å². The Morgan fingerprint density at radius 2 is 2.07 bits per heavy atom. The number of ether oxygens (including phenoxy) is 1. The van der Waals surface area contributed by atoms with Crippen molar-refractivity contribution in [2.75, 3.05) is 13.2 Å². The summed E-state index contributed by atoms with van der Waals surface area (Å²) in [7, 11) is 0. The molecule has 2 saturated carbocycles. The zero-order chi connectivity index (χ0) is 9.60. The molecule has 1 heterocycles. The average molecular weight is 195 g/mol. The van der Waals surface area contributed by atoms with Crippen molar-refractivity contribution >= 4 is 0 Å². The Labute approximate surface area is 86.4 Å². The Kier molecular flexibility index (Phi) is 2.10. The van der Waals surface area contributed by atoms with E-state index in [4.69, 9.17) is 4.74 Å². The van der Waals surface area contributed by atoms with Gasteiger partial charge >= 0.3 is 0 Å². The van der Waals surface area contributed by atoms with Crippen molar-refractivity contribution in [3.05, 3.63) is 0 Å². The maximum Gasteiger partial charge on any atom is 0.0669 e. The Bertz CT molecular complexity index is 222. The Balaban J connectivity index is 1.59. The van der Waals surface area contributed by atoms with Gasteiger partial charge in [-0.15, -0.1) is 0 Å². The van der Waals surface area contributed by atoms with Crippen LogP contribution in [0, 0.1) is 11.3 Å². The SMILES string of the molecule is CC1(CNC2CC2)CCOC1C1CC1. The van der Waals surface area contributed by atoms with Gasteiger partial charge in [-0.2, -0.15) is 0 Å². The zero-order valence-electron chi connectivity index (χ0n) is 9.09. The zero-order valence-corrected chi connectivity index (χ0v) is 9.09. The third-order valence-corrected chi connectivity index (χ3v) is 4.08. The van der Waals surface area contributed by atoms with Crippen LogP contribution in [0.3, 0.4) is 0 Å². The molecule has 0 aromatic heterocycles. The molecule has 2 heteroatoms. The molecule has 0 bridgehead atoms. The van der Waals surface area contributed by atoms with Crippen molar-refractivity contribution in [2.24, 2.45) is 11.3 Å². The van der Waals surface area contributed by atoms with Gasteiger partial charge in [-0.3, -0.25) is 0 Å². The third-order valence-electron chi connectivity index (χ3n) is 4.08. The van der Waals surface area contributed by atoms with E-state index in [2.05, 4.69) is 12.2 Å². The van der Waals surface area contributed by atoms with Crippen LogP contribution in [0.15, 0.2) is 0 Å². The van der Waals surface area contributed by atoms with Crippen LogP contribution in [0.25, 0.3) is 0 Å². The van der Waals surface area contributed by atoms with Crippen molar-refractivity contribution in [1.29, 1.82) is 0 Å². The van der Waals surface area contributed by atoms with E-state index in [-0.39, 0.29) is 0 Å². The predicted octanol–water partition coefficient (Wildman–Crippen LogP) is 1.94. The summed E-state index contributed by atoms with van der Waals surface area (Å²) in [6.07, 6.45) is 7.42. The van der Waals surface area contributed by atoms with Gasteiger partial charge in [0.05, 0.1) is 6.10 Å². The van der Waals surface area contributed by atoms with E-state index in [1.54, 1.807) is 0 Å². The van der Waals surface area contributed by atoms with Crippen molar-refractivity contribution in [1.82, 2.24) is 5.32 Å². The van der Waals surface area contributed by atoms with Crippen molar-refractivity contribution in [2.45, 2.75) is 51.2 Å². The van der Waals surface area contributed by atoms with Crippen LogP contribution < -0.4 is 5.32 Å². The second-order valence-corrected chi connectivity index (χ2v) is 5.69. The molecule has 2 atom stereocenters. The van der Waals surface area contributed by atoms with Crippen molar-refractivity contribution in [3.63, 3.8) is 0 Å². The van der Waals surface area contributed by atoms with Crippen molar-refractivity contribution in [3.8, 4) is 0 Å². The fourth-order valence-corrected chi connectivity index (χ4v) is 2.72. The predicted molar refractivity (Wildman–Crippen MR) is 56.2 cm³/mol. The molecule has 3 aliphatic rings. The number of hydrogen-bond donors (Lipinski definition) is 1. The number of hydrogen-bond acceptors (Lipinski definition) is 2. The van der Waals surface area contributed by atoms with Gasteiger partial charge in [-0.1, -0.05) is 6.92 Å². The molecule has 2 unspecified atom stereocenters.